The van der Waals surface area contributed by atoms with Gasteiger partial charge in [-0.25, -0.2) is 0 Å². The zero-order valence-corrected chi connectivity index (χ0v) is 11.5. The molecule has 1 aliphatic rings. The van der Waals surface area contributed by atoms with E-state index in [0.717, 1.165) is 0 Å². The van der Waals surface area contributed by atoms with Crippen LogP contribution in [-0.2, 0) is 9.59 Å². The van der Waals surface area contributed by atoms with Crippen molar-refractivity contribution in [3.8, 4) is 0 Å². The lowest BCUT2D eigenvalue weighted by Gasteiger charge is -2.34. The lowest BCUT2D eigenvalue weighted by molar-refractivity contribution is -0.138. The summed E-state index contributed by atoms with van der Waals surface area (Å²) < 4.78 is 0. The van der Waals surface area contributed by atoms with Crippen LogP contribution >= 0.6 is 0 Å². The van der Waals surface area contributed by atoms with E-state index in [1.807, 2.05) is 13.8 Å². The highest BCUT2D eigenvalue weighted by Crippen LogP contribution is 2.29. The van der Waals surface area contributed by atoms with Crippen LogP contribution in [0.2, 0.25) is 0 Å². The lowest BCUT2D eigenvalue weighted by atomic mass is 9.79. The van der Waals surface area contributed by atoms with E-state index in [1.165, 1.54) is 0 Å². The van der Waals surface area contributed by atoms with Crippen LogP contribution in [0, 0.1) is 5.41 Å². The molecule has 0 spiro atoms. The summed E-state index contributed by atoms with van der Waals surface area (Å²) in [5.41, 5.74) is 4.73. The van der Waals surface area contributed by atoms with Crippen LogP contribution < -0.4 is 11.1 Å². The Morgan fingerprint density at radius 2 is 2.11 bits per heavy atom. The number of nitrogens with zero attached hydrogens (tertiary/aromatic N) is 2. The Kier molecular flexibility index (Phi) is 5.14. The van der Waals surface area contributed by atoms with E-state index in [-0.39, 0.29) is 24.1 Å². The van der Waals surface area contributed by atoms with Gasteiger partial charge in [0.2, 0.25) is 11.8 Å². The molecular weight excluding hydrogens is 248 g/mol. The van der Waals surface area contributed by atoms with E-state index in [9.17, 15) is 9.59 Å². The molecule has 7 nitrogen and oxygen atoms in total. The van der Waals surface area contributed by atoms with E-state index in [1.54, 1.807) is 4.90 Å². The fraction of sp³-hybridized carbons (Fsp3) is 0.750. The van der Waals surface area contributed by atoms with Crippen molar-refractivity contribution in [2.75, 3.05) is 19.6 Å². The Labute approximate surface area is 112 Å². The van der Waals surface area contributed by atoms with Gasteiger partial charge in [0.1, 0.15) is 5.41 Å². The van der Waals surface area contributed by atoms with Gasteiger partial charge in [0.15, 0.2) is 5.84 Å². The van der Waals surface area contributed by atoms with Crippen LogP contribution in [0.1, 0.15) is 33.1 Å². The SMILES string of the molecule is CCC(CC)(C(=O)N1CCNC(=O)CC1)C(N)=NO. The van der Waals surface area contributed by atoms with Gasteiger partial charge in [0, 0.05) is 26.1 Å². The second-order valence-electron chi connectivity index (χ2n) is 4.67. The van der Waals surface area contributed by atoms with Crippen LogP contribution in [0.3, 0.4) is 0 Å². The molecule has 108 valence electrons. The topological polar surface area (TPSA) is 108 Å². The number of hydrogen-bond acceptors (Lipinski definition) is 4. The van der Waals surface area contributed by atoms with Crippen LogP contribution in [0.4, 0.5) is 0 Å². The molecule has 4 N–H and O–H groups in total. The molecule has 0 radical (unpaired) electrons. The molecule has 1 aliphatic heterocycles. The number of oxime groups is 1. The first-order valence-corrected chi connectivity index (χ1v) is 6.56. The van der Waals surface area contributed by atoms with E-state index in [2.05, 4.69) is 10.5 Å². The third kappa shape index (κ3) is 2.97. The van der Waals surface area contributed by atoms with E-state index >= 15 is 0 Å². The number of hydrogen-bond donors (Lipinski definition) is 3. The molecule has 2 amide bonds. The second kappa shape index (κ2) is 6.40. The molecule has 0 saturated carbocycles. The zero-order valence-electron chi connectivity index (χ0n) is 11.5. The highest BCUT2D eigenvalue weighted by Gasteiger charge is 2.42. The molecule has 0 aromatic carbocycles. The average Bonchev–Trinajstić information content (AvgIpc) is 2.65. The van der Waals surface area contributed by atoms with Gasteiger partial charge in [-0.2, -0.15) is 0 Å². The van der Waals surface area contributed by atoms with Gasteiger partial charge in [0.25, 0.3) is 0 Å². The molecule has 0 bridgehead atoms. The van der Waals surface area contributed by atoms with Crippen LogP contribution in [0.15, 0.2) is 5.16 Å². The van der Waals surface area contributed by atoms with Crippen LogP contribution in [-0.4, -0.2) is 47.4 Å². The van der Waals surface area contributed by atoms with Crippen molar-refractivity contribution in [3.05, 3.63) is 0 Å². The van der Waals surface area contributed by atoms with Gasteiger partial charge in [0.05, 0.1) is 0 Å². The summed E-state index contributed by atoms with van der Waals surface area (Å²) in [5, 5.41) is 14.6. The third-order valence-electron chi connectivity index (χ3n) is 3.81. The van der Waals surface area contributed by atoms with Crippen LogP contribution in [0.25, 0.3) is 0 Å². The lowest BCUT2D eigenvalue weighted by Crippen LogP contribution is -2.51. The number of amides is 2. The fourth-order valence-corrected chi connectivity index (χ4v) is 2.39. The molecule has 1 heterocycles. The number of nitrogens with one attached hydrogen (secondary N) is 1. The summed E-state index contributed by atoms with van der Waals surface area (Å²) >= 11 is 0. The first kappa shape index (κ1) is 15.3. The minimum absolute atomic E-state index is 0.0577. The van der Waals surface area contributed by atoms with Crippen molar-refractivity contribution in [1.82, 2.24) is 10.2 Å². The van der Waals surface area contributed by atoms with Crippen LogP contribution in [0.5, 0.6) is 0 Å². The van der Waals surface area contributed by atoms with E-state index in [4.69, 9.17) is 10.9 Å². The molecule has 0 unspecified atom stereocenters. The number of nitrogens with two attached hydrogens (primary N) is 1. The molecule has 0 atom stereocenters. The zero-order chi connectivity index (χ0) is 14.5. The first-order valence-electron chi connectivity index (χ1n) is 6.56. The highest BCUT2D eigenvalue weighted by molar-refractivity contribution is 6.06. The van der Waals surface area contributed by atoms with Gasteiger partial charge in [-0.3, -0.25) is 9.59 Å². The second-order valence-corrected chi connectivity index (χ2v) is 4.67. The Balaban J connectivity index is 2.96. The maximum absolute atomic E-state index is 12.7. The summed E-state index contributed by atoms with van der Waals surface area (Å²) in [7, 11) is 0. The van der Waals surface area contributed by atoms with Crippen molar-refractivity contribution in [2.24, 2.45) is 16.3 Å². The predicted octanol–water partition coefficient (Wildman–Crippen LogP) is -0.112. The van der Waals surface area contributed by atoms with Gasteiger partial charge >= 0.3 is 0 Å². The number of carbonyl (C=O) groups is 2. The monoisotopic (exact) mass is 270 g/mol. The van der Waals surface area contributed by atoms with Gasteiger partial charge in [-0.05, 0) is 12.8 Å². The largest absolute Gasteiger partial charge is 0.409 e. The molecule has 0 aliphatic carbocycles. The Bertz CT molecular complexity index is 377. The average molecular weight is 270 g/mol. The fourth-order valence-electron chi connectivity index (χ4n) is 2.39. The molecular formula is C12H22N4O3. The quantitative estimate of drug-likeness (QED) is 0.286. The third-order valence-corrected chi connectivity index (χ3v) is 3.81. The number of carbonyl (C=O) groups excluding carboxylic acids is 2. The summed E-state index contributed by atoms with van der Waals surface area (Å²) in [6, 6.07) is 0. The molecule has 0 aromatic rings. The van der Waals surface area contributed by atoms with Gasteiger partial charge < -0.3 is 21.2 Å². The molecule has 1 rings (SSSR count). The van der Waals surface area contributed by atoms with Gasteiger partial charge in [-0.1, -0.05) is 19.0 Å². The maximum atomic E-state index is 12.7. The van der Waals surface area contributed by atoms with Crippen molar-refractivity contribution in [2.45, 2.75) is 33.1 Å². The molecule has 0 aromatic heterocycles. The van der Waals surface area contributed by atoms with Crippen molar-refractivity contribution < 1.29 is 14.8 Å². The smallest absolute Gasteiger partial charge is 0.236 e. The Morgan fingerprint density at radius 3 is 2.63 bits per heavy atom. The molecule has 7 heteroatoms. The van der Waals surface area contributed by atoms with Crippen molar-refractivity contribution >= 4 is 17.6 Å². The number of rotatable bonds is 4. The van der Waals surface area contributed by atoms with E-state index in [0.29, 0.717) is 32.5 Å². The van der Waals surface area contributed by atoms with Crippen molar-refractivity contribution in [3.63, 3.8) is 0 Å². The summed E-state index contributed by atoms with van der Waals surface area (Å²) in [4.78, 5) is 25.6. The number of amidine groups is 1. The maximum Gasteiger partial charge on any atom is 0.236 e. The summed E-state index contributed by atoms with van der Waals surface area (Å²) in [6.45, 7) is 4.92. The summed E-state index contributed by atoms with van der Waals surface area (Å²) in [6.07, 6.45) is 1.19. The summed E-state index contributed by atoms with van der Waals surface area (Å²) in [5.74, 6) is -0.298. The normalized spacial score (nSPS) is 17.9. The minimum atomic E-state index is -0.984. The Hall–Kier alpha value is -1.79. The highest BCUT2D eigenvalue weighted by atomic mass is 16.4. The van der Waals surface area contributed by atoms with Gasteiger partial charge in [-0.15, -0.1) is 0 Å². The molecule has 19 heavy (non-hydrogen) atoms. The van der Waals surface area contributed by atoms with Crippen molar-refractivity contribution in [1.29, 1.82) is 0 Å². The Morgan fingerprint density at radius 1 is 1.47 bits per heavy atom. The van der Waals surface area contributed by atoms with E-state index < -0.39 is 5.41 Å². The standard InChI is InChI=1S/C12H22N4O3/c1-3-12(4-2,10(13)15-19)11(18)16-7-5-9(17)14-6-8-16/h19H,3-8H2,1-2H3,(H2,13,15)(H,14,17). The molecule has 1 fully saturated rings. The first-order chi connectivity index (χ1) is 9.01. The minimum Gasteiger partial charge on any atom is -0.409 e. The predicted molar refractivity (Wildman–Crippen MR) is 70.6 cm³/mol. The molecule has 1 saturated heterocycles.